The molecule has 22 heavy (non-hydrogen) atoms. The zero-order valence-corrected chi connectivity index (χ0v) is 12.7. The number of hydrogen-bond acceptors (Lipinski definition) is 5. The van der Waals surface area contributed by atoms with E-state index in [1.54, 1.807) is 32.1 Å². The first-order valence-corrected chi connectivity index (χ1v) is 7.23. The number of rotatable bonds is 4. The third-order valence-corrected chi connectivity index (χ3v) is 3.04. The van der Waals surface area contributed by atoms with Crippen molar-refractivity contribution in [3.05, 3.63) is 29.3 Å². The summed E-state index contributed by atoms with van der Waals surface area (Å²) in [7, 11) is 0. The van der Waals surface area contributed by atoms with Crippen LogP contribution in [0.2, 0.25) is 0 Å². The molecule has 6 heteroatoms. The summed E-state index contributed by atoms with van der Waals surface area (Å²) in [5, 5.41) is 2.64. The van der Waals surface area contributed by atoms with Crippen LogP contribution in [0, 0.1) is 0 Å². The highest BCUT2D eigenvalue weighted by molar-refractivity contribution is 5.95. The van der Waals surface area contributed by atoms with Gasteiger partial charge in [-0.05, 0) is 26.0 Å². The van der Waals surface area contributed by atoms with Crippen molar-refractivity contribution >= 4 is 23.8 Å². The van der Waals surface area contributed by atoms with Crippen LogP contribution in [0.1, 0.15) is 25.8 Å². The number of amides is 1. The number of nitrogens with one attached hydrogen (secondary N) is 1. The number of hydrogen-bond donors (Lipinski definition) is 1. The number of anilines is 1. The summed E-state index contributed by atoms with van der Waals surface area (Å²) in [5.41, 5.74) is 1.78. The van der Waals surface area contributed by atoms with Gasteiger partial charge in [-0.15, -0.1) is 0 Å². The van der Waals surface area contributed by atoms with Crippen molar-refractivity contribution in [2.24, 2.45) is 0 Å². The fourth-order valence-corrected chi connectivity index (χ4v) is 2.11. The Balaban J connectivity index is 2.28. The molecule has 0 aromatic heterocycles. The lowest BCUT2D eigenvalue weighted by molar-refractivity contribution is -0.138. The minimum absolute atomic E-state index is 0.286. The quantitative estimate of drug-likeness (QED) is 0.866. The molecular formula is C16H19NO5. The standard InChI is InChI=1S/C16H19NO5/c1-3-20-15(18)12-8-9-22-14-11(10-12)6-5-7-13(14)17-16(19)21-4-2/h5-7,10H,3-4,8-9H2,1-2H3,(H,17,19). The maximum Gasteiger partial charge on any atom is 0.411 e. The topological polar surface area (TPSA) is 73.9 Å². The fraction of sp³-hybridized carbons (Fsp3) is 0.375. The fourth-order valence-electron chi connectivity index (χ4n) is 2.11. The summed E-state index contributed by atoms with van der Waals surface area (Å²) in [6.45, 7) is 4.44. The van der Waals surface area contributed by atoms with Crippen LogP contribution >= 0.6 is 0 Å². The number of carbonyl (C=O) groups is 2. The molecule has 6 nitrogen and oxygen atoms in total. The van der Waals surface area contributed by atoms with Gasteiger partial charge in [-0.3, -0.25) is 5.32 Å². The van der Waals surface area contributed by atoms with Gasteiger partial charge in [-0.25, -0.2) is 9.59 Å². The van der Waals surface area contributed by atoms with Crippen molar-refractivity contribution in [1.29, 1.82) is 0 Å². The third-order valence-electron chi connectivity index (χ3n) is 3.04. The Labute approximate surface area is 129 Å². The molecule has 1 aliphatic heterocycles. The highest BCUT2D eigenvalue weighted by Crippen LogP contribution is 2.33. The highest BCUT2D eigenvalue weighted by atomic mass is 16.5. The van der Waals surface area contributed by atoms with Crippen LogP contribution in [0.25, 0.3) is 6.08 Å². The molecule has 2 rings (SSSR count). The second-order valence-corrected chi connectivity index (χ2v) is 4.56. The number of carbonyl (C=O) groups excluding carboxylic acids is 2. The maximum atomic E-state index is 11.9. The van der Waals surface area contributed by atoms with E-state index in [1.807, 2.05) is 6.07 Å². The van der Waals surface area contributed by atoms with E-state index in [-0.39, 0.29) is 12.6 Å². The smallest absolute Gasteiger partial charge is 0.411 e. The number of benzene rings is 1. The summed E-state index contributed by atoms with van der Waals surface area (Å²) in [4.78, 5) is 23.4. The molecule has 0 unspecified atom stereocenters. The molecule has 1 aliphatic rings. The van der Waals surface area contributed by atoms with Crippen LogP contribution in [0.4, 0.5) is 10.5 Å². The number of para-hydroxylation sites is 1. The number of esters is 1. The van der Waals surface area contributed by atoms with E-state index >= 15 is 0 Å². The Morgan fingerprint density at radius 2 is 2.00 bits per heavy atom. The van der Waals surface area contributed by atoms with Crippen LogP contribution in [0.3, 0.4) is 0 Å². The molecule has 1 N–H and O–H groups in total. The van der Waals surface area contributed by atoms with Crippen LogP contribution < -0.4 is 10.1 Å². The maximum absolute atomic E-state index is 11.9. The molecule has 0 atom stereocenters. The highest BCUT2D eigenvalue weighted by Gasteiger charge is 2.19. The van der Waals surface area contributed by atoms with Crippen molar-refractivity contribution in [3.63, 3.8) is 0 Å². The van der Waals surface area contributed by atoms with E-state index in [4.69, 9.17) is 14.2 Å². The van der Waals surface area contributed by atoms with Crippen LogP contribution in [0.15, 0.2) is 23.8 Å². The SMILES string of the molecule is CCOC(=O)Nc1cccc2c1OCCC(C(=O)OCC)=C2. The van der Waals surface area contributed by atoms with E-state index in [0.717, 1.165) is 5.56 Å². The predicted molar refractivity (Wildman–Crippen MR) is 81.8 cm³/mol. The predicted octanol–water partition coefficient (Wildman–Crippen LogP) is 2.98. The van der Waals surface area contributed by atoms with Gasteiger partial charge in [0, 0.05) is 17.6 Å². The van der Waals surface area contributed by atoms with Crippen molar-refractivity contribution in [1.82, 2.24) is 0 Å². The Hall–Kier alpha value is -2.50. The Kier molecular flexibility index (Phi) is 5.41. The van der Waals surface area contributed by atoms with E-state index in [9.17, 15) is 9.59 Å². The average molecular weight is 305 g/mol. The summed E-state index contributed by atoms with van der Waals surface area (Å²) >= 11 is 0. The van der Waals surface area contributed by atoms with E-state index in [1.165, 1.54) is 0 Å². The number of fused-ring (bicyclic) bond motifs is 1. The first-order chi connectivity index (χ1) is 10.7. The lowest BCUT2D eigenvalue weighted by Gasteiger charge is -2.12. The second-order valence-electron chi connectivity index (χ2n) is 4.56. The minimum atomic E-state index is -0.543. The van der Waals surface area contributed by atoms with Gasteiger partial charge in [0.05, 0.1) is 25.5 Å². The van der Waals surface area contributed by atoms with E-state index in [0.29, 0.717) is 36.6 Å². The van der Waals surface area contributed by atoms with Gasteiger partial charge in [0.15, 0.2) is 0 Å². The van der Waals surface area contributed by atoms with Gasteiger partial charge >= 0.3 is 12.1 Å². The van der Waals surface area contributed by atoms with Gasteiger partial charge in [0.1, 0.15) is 5.75 Å². The normalized spacial score (nSPS) is 13.1. The first-order valence-electron chi connectivity index (χ1n) is 7.23. The van der Waals surface area contributed by atoms with Crippen molar-refractivity contribution in [2.45, 2.75) is 20.3 Å². The lowest BCUT2D eigenvalue weighted by atomic mass is 10.1. The molecule has 0 radical (unpaired) electrons. The summed E-state index contributed by atoms with van der Waals surface area (Å²) in [6, 6.07) is 5.31. The zero-order valence-electron chi connectivity index (χ0n) is 12.7. The van der Waals surface area contributed by atoms with Crippen molar-refractivity contribution in [2.75, 3.05) is 25.1 Å². The third kappa shape index (κ3) is 3.78. The Morgan fingerprint density at radius 3 is 2.73 bits per heavy atom. The van der Waals surface area contributed by atoms with Crippen molar-refractivity contribution in [3.8, 4) is 5.75 Å². The minimum Gasteiger partial charge on any atom is -0.490 e. The molecule has 0 fully saturated rings. The van der Waals surface area contributed by atoms with Crippen LogP contribution in [-0.2, 0) is 14.3 Å². The lowest BCUT2D eigenvalue weighted by Crippen LogP contribution is -2.14. The largest absolute Gasteiger partial charge is 0.490 e. The molecule has 0 aliphatic carbocycles. The Bertz CT molecular complexity index is 594. The molecule has 0 spiro atoms. The monoisotopic (exact) mass is 305 g/mol. The summed E-state index contributed by atoms with van der Waals surface area (Å²) in [5.74, 6) is 0.178. The van der Waals surface area contributed by atoms with Crippen molar-refractivity contribution < 1.29 is 23.8 Å². The molecule has 0 saturated carbocycles. The molecule has 1 amide bonds. The Morgan fingerprint density at radius 1 is 1.23 bits per heavy atom. The first kappa shape index (κ1) is 15.9. The van der Waals surface area contributed by atoms with Gasteiger partial charge in [-0.1, -0.05) is 12.1 Å². The molecular weight excluding hydrogens is 286 g/mol. The van der Waals surface area contributed by atoms with Gasteiger partial charge in [0.2, 0.25) is 0 Å². The second kappa shape index (κ2) is 7.49. The van der Waals surface area contributed by atoms with Gasteiger partial charge in [0.25, 0.3) is 0 Å². The molecule has 1 aromatic carbocycles. The molecule has 1 aromatic rings. The average Bonchev–Trinajstić information content (AvgIpc) is 2.71. The molecule has 1 heterocycles. The zero-order chi connectivity index (χ0) is 15.9. The van der Waals surface area contributed by atoms with E-state index in [2.05, 4.69) is 5.32 Å². The van der Waals surface area contributed by atoms with Gasteiger partial charge in [-0.2, -0.15) is 0 Å². The molecule has 0 saturated heterocycles. The van der Waals surface area contributed by atoms with Crippen LogP contribution in [0.5, 0.6) is 5.75 Å². The molecule has 118 valence electrons. The molecule has 0 bridgehead atoms. The summed E-state index contributed by atoms with van der Waals surface area (Å²) < 4.78 is 15.6. The van der Waals surface area contributed by atoms with Crippen LogP contribution in [-0.4, -0.2) is 31.9 Å². The summed E-state index contributed by atoms with van der Waals surface area (Å²) in [6.07, 6.45) is 1.64. The van der Waals surface area contributed by atoms with Gasteiger partial charge < -0.3 is 14.2 Å². The number of ether oxygens (including phenoxy) is 3. The van der Waals surface area contributed by atoms with E-state index < -0.39 is 6.09 Å².